The molecule has 0 aromatic heterocycles. The van der Waals surface area contributed by atoms with Crippen LogP contribution in [0.3, 0.4) is 0 Å². The molecule has 0 radical (unpaired) electrons. The highest BCUT2D eigenvalue weighted by Crippen LogP contribution is 1.79. The second-order valence-electron chi connectivity index (χ2n) is 1.87. The third kappa shape index (κ3) is 18.3. The summed E-state index contributed by atoms with van der Waals surface area (Å²) in [6.07, 6.45) is 1.07. The monoisotopic (exact) mass is 130 g/mol. The zero-order chi connectivity index (χ0) is 7.70. The summed E-state index contributed by atoms with van der Waals surface area (Å²) >= 11 is 0. The first-order valence-corrected chi connectivity index (χ1v) is 3.17. The average molecular weight is 130 g/mol. The van der Waals surface area contributed by atoms with Crippen LogP contribution in [0.15, 0.2) is 13.2 Å². The fraction of sp³-hybridized carbons (Fsp3) is 0.714. The Morgan fingerprint density at radius 3 is 2.11 bits per heavy atom. The van der Waals surface area contributed by atoms with Gasteiger partial charge in [0, 0.05) is 6.04 Å². The zero-order valence-corrected chi connectivity index (χ0v) is 6.48. The Bertz CT molecular complexity index is 44.2. The van der Waals surface area contributed by atoms with Gasteiger partial charge < -0.3 is 11.1 Å². The molecule has 9 heavy (non-hydrogen) atoms. The lowest BCUT2D eigenvalue weighted by Gasteiger charge is -2.00. The lowest BCUT2D eigenvalue weighted by atomic mass is 10.2. The largest absolute Gasteiger partial charge is 0.328 e. The summed E-state index contributed by atoms with van der Waals surface area (Å²) in [5, 5.41) is 3.02. The summed E-state index contributed by atoms with van der Waals surface area (Å²) in [5.74, 6) is 0. The predicted molar refractivity (Wildman–Crippen MR) is 43.4 cm³/mol. The molecule has 0 aliphatic carbocycles. The molecular formula is C7H18N2. The highest BCUT2D eigenvalue weighted by Gasteiger charge is 1.88. The van der Waals surface area contributed by atoms with Gasteiger partial charge in [0.15, 0.2) is 0 Å². The molecule has 3 N–H and O–H groups in total. The molecule has 0 aliphatic rings. The second kappa shape index (κ2) is 10.6. The highest BCUT2D eigenvalue weighted by molar-refractivity contribution is 4.52. The van der Waals surface area contributed by atoms with Gasteiger partial charge in [0.05, 0.1) is 0 Å². The normalized spacial score (nSPS) is 11.4. The van der Waals surface area contributed by atoms with E-state index in [1.54, 1.807) is 0 Å². The van der Waals surface area contributed by atoms with E-state index in [0.717, 1.165) is 13.0 Å². The van der Waals surface area contributed by atoms with Gasteiger partial charge in [-0.15, -0.1) is 13.2 Å². The molecule has 0 saturated carbocycles. The molecule has 0 rings (SSSR count). The standard InChI is InChI=1S/C5H14N2.C2H4/c1-5(6)3-4-7-2;1-2/h5,7H,3-4,6H2,1-2H3;1-2H2. The van der Waals surface area contributed by atoms with Gasteiger partial charge in [-0.3, -0.25) is 0 Å². The molecule has 1 atom stereocenters. The fourth-order valence-corrected chi connectivity index (χ4v) is 0.372. The van der Waals surface area contributed by atoms with E-state index in [-0.39, 0.29) is 0 Å². The lowest BCUT2D eigenvalue weighted by molar-refractivity contribution is 0.627. The van der Waals surface area contributed by atoms with E-state index in [4.69, 9.17) is 5.73 Å². The molecule has 56 valence electrons. The molecule has 0 aromatic carbocycles. The van der Waals surface area contributed by atoms with E-state index in [2.05, 4.69) is 18.5 Å². The summed E-state index contributed by atoms with van der Waals surface area (Å²) in [5.41, 5.74) is 5.44. The smallest absolute Gasteiger partial charge is 0.00225 e. The molecule has 0 aromatic rings. The minimum atomic E-state index is 0.340. The summed E-state index contributed by atoms with van der Waals surface area (Å²) < 4.78 is 0. The quantitative estimate of drug-likeness (QED) is 0.553. The maximum absolute atomic E-state index is 5.44. The maximum atomic E-state index is 5.44. The van der Waals surface area contributed by atoms with Crippen LogP contribution in [-0.4, -0.2) is 19.6 Å². The van der Waals surface area contributed by atoms with E-state index in [1.165, 1.54) is 0 Å². The van der Waals surface area contributed by atoms with E-state index < -0.39 is 0 Å². The first kappa shape index (κ1) is 11.5. The highest BCUT2D eigenvalue weighted by atomic mass is 14.8. The van der Waals surface area contributed by atoms with E-state index >= 15 is 0 Å². The Hall–Kier alpha value is -0.340. The van der Waals surface area contributed by atoms with Gasteiger partial charge in [-0.25, -0.2) is 0 Å². The molecule has 2 heteroatoms. The van der Waals surface area contributed by atoms with E-state index in [0.29, 0.717) is 6.04 Å². The van der Waals surface area contributed by atoms with Crippen molar-refractivity contribution < 1.29 is 0 Å². The van der Waals surface area contributed by atoms with Crippen LogP contribution in [0.1, 0.15) is 13.3 Å². The molecule has 1 unspecified atom stereocenters. The van der Waals surface area contributed by atoms with Gasteiger partial charge in [-0.1, -0.05) is 0 Å². The Balaban J connectivity index is 0. The zero-order valence-electron chi connectivity index (χ0n) is 6.48. The molecule has 0 aliphatic heterocycles. The lowest BCUT2D eigenvalue weighted by Crippen LogP contribution is -2.21. The first-order chi connectivity index (χ1) is 4.27. The van der Waals surface area contributed by atoms with Gasteiger partial charge in [0.1, 0.15) is 0 Å². The van der Waals surface area contributed by atoms with Gasteiger partial charge >= 0.3 is 0 Å². The van der Waals surface area contributed by atoms with Crippen LogP contribution < -0.4 is 11.1 Å². The molecule has 0 bridgehead atoms. The van der Waals surface area contributed by atoms with Crippen LogP contribution in [0.2, 0.25) is 0 Å². The van der Waals surface area contributed by atoms with Crippen molar-refractivity contribution >= 4 is 0 Å². The number of nitrogens with two attached hydrogens (primary N) is 1. The van der Waals surface area contributed by atoms with Crippen molar-refractivity contribution in [1.29, 1.82) is 0 Å². The number of nitrogens with one attached hydrogen (secondary N) is 1. The van der Waals surface area contributed by atoms with E-state index in [9.17, 15) is 0 Å². The van der Waals surface area contributed by atoms with Crippen molar-refractivity contribution in [3.63, 3.8) is 0 Å². The Labute approximate surface area is 58.1 Å². The fourth-order valence-electron chi connectivity index (χ4n) is 0.372. The summed E-state index contributed by atoms with van der Waals surface area (Å²) in [4.78, 5) is 0. The number of rotatable bonds is 3. The van der Waals surface area contributed by atoms with Crippen molar-refractivity contribution in [2.24, 2.45) is 5.73 Å². The molecule has 0 amide bonds. The van der Waals surface area contributed by atoms with Crippen molar-refractivity contribution in [1.82, 2.24) is 5.32 Å². The molecular weight excluding hydrogens is 112 g/mol. The van der Waals surface area contributed by atoms with Crippen LogP contribution in [0.4, 0.5) is 0 Å². The summed E-state index contributed by atoms with van der Waals surface area (Å²) in [6, 6.07) is 0.340. The van der Waals surface area contributed by atoms with Gasteiger partial charge in [0.25, 0.3) is 0 Å². The molecule has 0 heterocycles. The van der Waals surface area contributed by atoms with Crippen LogP contribution in [0, 0.1) is 0 Å². The average Bonchev–Trinajstić information content (AvgIpc) is 1.88. The van der Waals surface area contributed by atoms with Crippen molar-refractivity contribution in [2.45, 2.75) is 19.4 Å². The van der Waals surface area contributed by atoms with Gasteiger partial charge in [-0.2, -0.15) is 0 Å². The first-order valence-electron chi connectivity index (χ1n) is 3.17. The van der Waals surface area contributed by atoms with Crippen molar-refractivity contribution in [3.8, 4) is 0 Å². The van der Waals surface area contributed by atoms with Crippen LogP contribution in [-0.2, 0) is 0 Å². The van der Waals surface area contributed by atoms with Crippen LogP contribution >= 0.6 is 0 Å². The van der Waals surface area contributed by atoms with Gasteiger partial charge in [-0.05, 0) is 26.9 Å². The Morgan fingerprint density at radius 1 is 1.56 bits per heavy atom. The third-order valence-corrected chi connectivity index (χ3v) is 0.850. The van der Waals surface area contributed by atoms with Crippen molar-refractivity contribution in [3.05, 3.63) is 13.2 Å². The van der Waals surface area contributed by atoms with Crippen LogP contribution in [0.25, 0.3) is 0 Å². The Kier molecular flexibility index (Phi) is 13.5. The number of hydrogen-bond acceptors (Lipinski definition) is 2. The van der Waals surface area contributed by atoms with Crippen molar-refractivity contribution in [2.75, 3.05) is 13.6 Å². The predicted octanol–water partition coefficient (Wildman–Crippen LogP) is 0.745. The van der Waals surface area contributed by atoms with Gasteiger partial charge in [0.2, 0.25) is 0 Å². The topological polar surface area (TPSA) is 38.0 Å². The van der Waals surface area contributed by atoms with E-state index in [1.807, 2.05) is 14.0 Å². The minimum Gasteiger partial charge on any atom is -0.328 e. The SMILES string of the molecule is C=C.CNCCC(C)N. The summed E-state index contributed by atoms with van der Waals surface area (Å²) in [6.45, 7) is 9.04. The Morgan fingerprint density at radius 2 is 2.00 bits per heavy atom. The maximum Gasteiger partial charge on any atom is 0.00225 e. The minimum absolute atomic E-state index is 0.340. The van der Waals surface area contributed by atoms with Crippen LogP contribution in [0.5, 0.6) is 0 Å². The molecule has 2 nitrogen and oxygen atoms in total. The third-order valence-electron chi connectivity index (χ3n) is 0.850. The molecule has 0 spiro atoms. The molecule has 0 fully saturated rings. The second-order valence-corrected chi connectivity index (χ2v) is 1.87. The summed E-state index contributed by atoms with van der Waals surface area (Å²) in [7, 11) is 1.93. The number of hydrogen-bond donors (Lipinski definition) is 2. The molecule has 0 saturated heterocycles.